The van der Waals surface area contributed by atoms with E-state index in [1.165, 1.54) is 18.9 Å². The molecule has 0 bridgehead atoms. The molecule has 1 saturated carbocycles. The van der Waals surface area contributed by atoms with Gasteiger partial charge in [-0.05, 0) is 36.8 Å². The number of rotatable bonds is 3. The summed E-state index contributed by atoms with van der Waals surface area (Å²) in [6.45, 7) is 2.28. The summed E-state index contributed by atoms with van der Waals surface area (Å²) < 4.78 is 14.8. The molecular formula is C14H20BrFN2. The summed E-state index contributed by atoms with van der Waals surface area (Å²) in [5.74, 6) is 6.68. The first kappa shape index (κ1) is 14.0. The molecule has 0 aromatic heterocycles. The van der Waals surface area contributed by atoms with E-state index in [1.807, 2.05) is 12.1 Å². The van der Waals surface area contributed by atoms with Crippen LogP contribution in [-0.2, 0) is 0 Å². The van der Waals surface area contributed by atoms with E-state index in [1.54, 1.807) is 0 Å². The quantitative estimate of drug-likeness (QED) is 0.655. The van der Waals surface area contributed by atoms with Crippen molar-refractivity contribution in [1.29, 1.82) is 0 Å². The van der Waals surface area contributed by atoms with E-state index >= 15 is 0 Å². The van der Waals surface area contributed by atoms with Crippen molar-refractivity contribution in [2.75, 3.05) is 0 Å². The fourth-order valence-corrected chi connectivity index (χ4v) is 3.19. The van der Waals surface area contributed by atoms with Crippen molar-refractivity contribution in [3.63, 3.8) is 0 Å². The van der Waals surface area contributed by atoms with Gasteiger partial charge in [0.2, 0.25) is 0 Å². The van der Waals surface area contributed by atoms with Gasteiger partial charge in [0.25, 0.3) is 0 Å². The number of hydrogen-bond donors (Lipinski definition) is 2. The van der Waals surface area contributed by atoms with Gasteiger partial charge in [0, 0.05) is 10.0 Å². The van der Waals surface area contributed by atoms with Crippen molar-refractivity contribution < 1.29 is 4.39 Å². The van der Waals surface area contributed by atoms with Crippen molar-refractivity contribution in [3.05, 3.63) is 34.1 Å². The minimum absolute atomic E-state index is 0.0781. The Balaban J connectivity index is 2.17. The maximum absolute atomic E-state index is 14.0. The van der Waals surface area contributed by atoms with Crippen LogP contribution in [0.25, 0.3) is 0 Å². The molecule has 1 aliphatic rings. The molecule has 2 nitrogen and oxygen atoms in total. The van der Waals surface area contributed by atoms with Crippen LogP contribution in [0.4, 0.5) is 4.39 Å². The molecule has 1 unspecified atom stereocenters. The van der Waals surface area contributed by atoms with Crippen LogP contribution in [0.5, 0.6) is 0 Å². The Kier molecular flexibility index (Phi) is 4.76. The van der Waals surface area contributed by atoms with E-state index in [0.29, 0.717) is 11.5 Å². The lowest BCUT2D eigenvalue weighted by atomic mass is 9.77. The second-order valence-corrected chi connectivity index (χ2v) is 6.25. The second kappa shape index (κ2) is 6.13. The average molecular weight is 315 g/mol. The molecule has 1 atom stereocenters. The third kappa shape index (κ3) is 3.11. The van der Waals surface area contributed by atoms with Gasteiger partial charge in [-0.15, -0.1) is 0 Å². The zero-order valence-corrected chi connectivity index (χ0v) is 12.2. The van der Waals surface area contributed by atoms with Gasteiger partial charge in [0.1, 0.15) is 5.82 Å². The molecule has 0 spiro atoms. The van der Waals surface area contributed by atoms with Crippen molar-refractivity contribution in [1.82, 2.24) is 5.43 Å². The van der Waals surface area contributed by atoms with Gasteiger partial charge < -0.3 is 0 Å². The summed E-state index contributed by atoms with van der Waals surface area (Å²) in [6.07, 6.45) is 4.65. The second-order valence-electron chi connectivity index (χ2n) is 5.33. The zero-order valence-electron chi connectivity index (χ0n) is 10.6. The van der Waals surface area contributed by atoms with Crippen molar-refractivity contribution in [2.24, 2.45) is 17.7 Å². The molecule has 0 saturated heterocycles. The van der Waals surface area contributed by atoms with E-state index in [9.17, 15) is 4.39 Å². The lowest BCUT2D eigenvalue weighted by molar-refractivity contribution is 0.229. The fraction of sp³-hybridized carbons (Fsp3) is 0.571. The van der Waals surface area contributed by atoms with Gasteiger partial charge in [-0.2, -0.15) is 0 Å². The highest BCUT2D eigenvalue weighted by atomic mass is 79.9. The Morgan fingerprint density at radius 3 is 2.56 bits per heavy atom. The Bertz CT molecular complexity index is 403. The summed E-state index contributed by atoms with van der Waals surface area (Å²) in [7, 11) is 0. The summed E-state index contributed by atoms with van der Waals surface area (Å²) in [6, 6.07) is 5.12. The van der Waals surface area contributed by atoms with Crippen LogP contribution in [0.1, 0.15) is 44.2 Å². The lowest BCUT2D eigenvalue weighted by Gasteiger charge is -2.32. The third-order valence-corrected chi connectivity index (χ3v) is 4.50. The first-order chi connectivity index (χ1) is 8.61. The van der Waals surface area contributed by atoms with Gasteiger partial charge in [-0.1, -0.05) is 41.8 Å². The highest BCUT2D eigenvalue weighted by Crippen LogP contribution is 2.37. The van der Waals surface area contributed by atoms with Gasteiger partial charge in [0.05, 0.1) is 6.04 Å². The number of nitrogens with one attached hydrogen (secondary N) is 1. The highest BCUT2D eigenvalue weighted by molar-refractivity contribution is 9.10. The monoisotopic (exact) mass is 314 g/mol. The predicted molar refractivity (Wildman–Crippen MR) is 75.3 cm³/mol. The van der Waals surface area contributed by atoms with E-state index in [2.05, 4.69) is 28.3 Å². The van der Waals surface area contributed by atoms with E-state index < -0.39 is 0 Å². The van der Waals surface area contributed by atoms with Crippen molar-refractivity contribution in [3.8, 4) is 0 Å². The summed E-state index contributed by atoms with van der Waals surface area (Å²) in [4.78, 5) is 0. The predicted octanol–water partition coefficient (Wildman–Crippen LogP) is 3.92. The Morgan fingerprint density at radius 1 is 1.33 bits per heavy atom. The number of nitrogens with two attached hydrogens (primary N) is 1. The minimum Gasteiger partial charge on any atom is -0.271 e. The van der Waals surface area contributed by atoms with Crippen LogP contribution in [-0.4, -0.2) is 0 Å². The molecule has 1 fully saturated rings. The smallest absolute Gasteiger partial charge is 0.129 e. The lowest BCUT2D eigenvalue weighted by Crippen LogP contribution is -2.35. The van der Waals surface area contributed by atoms with E-state index in [4.69, 9.17) is 5.84 Å². The number of hydrazine groups is 1. The van der Waals surface area contributed by atoms with Crippen LogP contribution < -0.4 is 11.3 Å². The van der Waals surface area contributed by atoms with Gasteiger partial charge >= 0.3 is 0 Å². The number of halogens is 2. The maximum atomic E-state index is 14.0. The molecule has 0 radical (unpaired) electrons. The molecule has 1 aromatic carbocycles. The largest absolute Gasteiger partial charge is 0.271 e. The normalized spacial score (nSPS) is 26.0. The zero-order chi connectivity index (χ0) is 13.1. The molecule has 3 N–H and O–H groups in total. The van der Waals surface area contributed by atoms with Gasteiger partial charge in [-0.25, -0.2) is 4.39 Å². The Hall–Kier alpha value is -0.450. The summed E-state index contributed by atoms with van der Waals surface area (Å²) >= 11 is 3.28. The number of hydrogen-bond acceptors (Lipinski definition) is 2. The standard InChI is InChI=1S/C14H20BrFN2/c1-9-2-4-10(5-3-9)14(18-17)12-7-6-11(15)8-13(12)16/h6-10,14,18H,2-5,17H2,1H3. The van der Waals surface area contributed by atoms with Gasteiger partial charge in [-0.3, -0.25) is 11.3 Å². The molecule has 18 heavy (non-hydrogen) atoms. The molecule has 100 valence electrons. The third-order valence-electron chi connectivity index (χ3n) is 4.01. The van der Waals surface area contributed by atoms with E-state index in [-0.39, 0.29) is 11.9 Å². The minimum atomic E-state index is -0.189. The summed E-state index contributed by atoms with van der Waals surface area (Å²) in [5, 5.41) is 0. The van der Waals surface area contributed by atoms with Crippen LogP contribution >= 0.6 is 15.9 Å². The average Bonchev–Trinajstić information content (AvgIpc) is 2.35. The van der Waals surface area contributed by atoms with E-state index in [0.717, 1.165) is 23.2 Å². The SMILES string of the molecule is CC1CCC(C(NN)c2ccc(Br)cc2F)CC1. The molecule has 0 amide bonds. The van der Waals surface area contributed by atoms with Crippen LogP contribution in [0, 0.1) is 17.7 Å². The summed E-state index contributed by atoms with van der Waals surface area (Å²) in [5.41, 5.74) is 3.49. The van der Waals surface area contributed by atoms with Crippen LogP contribution in [0.3, 0.4) is 0 Å². The number of benzene rings is 1. The molecular weight excluding hydrogens is 295 g/mol. The Labute approximate surface area is 116 Å². The molecule has 1 aromatic rings. The Morgan fingerprint density at radius 2 is 2.00 bits per heavy atom. The van der Waals surface area contributed by atoms with Crippen LogP contribution in [0.2, 0.25) is 0 Å². The molecule has 4 heteroatoms. The van der Waals surface area contributed by atoms with Crippen molar-refractivity contribution in [2.45, 2.75) is 38.6 Å². The van der Waals surface area contributed by atoms with Crippen LogP contribution in [0.15, 0.2) is 22.7 Å². The molecule has 1 aliphatic carbocycles. The first-order valence-corrected chi connectivity index (χ1v) is 7.32. The topological polar surface area (TPSA) is 38.0 Å². The fourth-order valence-electron chi connectivity index (χ4n) is 2.85. The molecule has 0 aliphatic heterocycles. The maximum Gasteiger partial charge on any atom is 0.129 e. The van der Waals surface area contributed by atoms with Gasteiger partial charge in [0.15, 0.2) is 0 Å². The molecule has 0 heterocycles. The van der Waals surface area contributed by atoms with Crippen molar-refractivity contribution >= 4 is 15.9 Å². The highest BCUT2D eigenvalue weighted by Gasteiger charge is 2.28. The molecule has 2 rings (SSSR count). The first-order valence-electron chi connectivity index (χ1n) is 6.53.